The Labute approximate surface area is 197 Å². The van der Waals surface area contributed by atoms with Crippen LogP contribution in [0.25, 0.3) is 10.8 Å². The summed E-state index contributed by atoms with van der Waals surface area (Å²) < 4.78 is 47.1. The predicted molar refractivity (Wildman–Crippen MR) is 122 cm³/mol. The summed E-state index contributed by atoms with van der Waals surface area (Å²) in [5, 5.41) is 12.2. The molecule has 1 heterocycles. The molecule has 0 atom stereocenters. The van der Waals surface area contributed by atoms with Gasteiger partial charge in [-0.1, -0.05) is 36.4 Å². The number of carboxylic acid groups (broad SMARTS) is 1. The van der Waals surface area contributed by atoms with Gasteiger partial charge in [-0.25, -0.2) is 9.78 Å². The molecule has 0 fully saturated rings. The number of hydrogen-bond acceptors (Lipinski definition) is 6. The van der Waals surface area contributed by atoms with Gasteiger partial charge in [0.15, 0.2) is 11.5 Å². The number of hydrogen-bond donors (Lipinski definition) is 1. The van der Waals surface area contributed by atoms with E-state index in [4.69, 9.17) is 14.7 Å². The van der Waals surface area contributed by atoms with Crippen molar-refractivity contribution in [1.82, 2.24) is 4.98 Å². The van der Waals surface area contributed by atoms with E-state index in [-0.39, 0.29) is 17.9 Å². The summed E-state index contributed by atoms with van der Waals surface area (Å²) >= 11 is 0. The van der Waals surface area contributed by atoms with Crippen LogP contribution < -0.4 is 19.4 Å². The standard InChI is InChI=1S/C25H19F3N2O5/c1-33-22-21-5-3-2-4-18(21)14-29-23(22)30(35-20-12-8-17(9-13-20)24(31)32)15-16-6-10-19(11-7-16)34-25(26,27)28/h2-14H,15H2,1H3,(H,31,32). The average molecular weight is 484 g/mol. The van der Waals surface area contributed by atoms with E-state index in [0.717, 1.165) is 10.8 Å². The van der Waals surface area contributed by atoms with Crippen molar-refractivity contribution in [2.45, 2.75) is 12.9 Å². The van der Waals surface area contributed by atoms with Gasteiger partial charge in [-0.15, -0.1) is 13.2 Å². The minimum absolute atomic E-state index is 0.0781. The molecule has 0 aliphatic rings. The van der Waals surface area contributed by atoms with Crippen LogP contribution in [0.2, 0.25) is 0 Å². The van der Waals surface area contributed by atoms with Crippen LogP contribution in [-0.2, 0) is 6.54 Å². The molecule has 0 bridgehead atoms. The summed E-state index contributed by atoms with van der Waals surface area (Å²) in [5.74, 6) is -0.345. The van der Waals surface area contributed by atoms with Crippen LogP contribution in [0, 0.1) is 0 Å². The van der Waals surface area contributed by atoms with Crippen molar-refractivity contribution in [1.29, 1.82) is 0 Å². The number of methoxy groups -OCH3 is 1. The van der Waals surface area contributed by atoms with Gasteiger partial charge in [0, 0.05) is 17.0 Å². The summed E-state index contributed by atoms with van der Waals surface area (Å²) in [5.41, 5.74) is 0.684. The van der Waals surface area contributed by atoms with Crippen LogP contribution in [0.1, 0.15) is 15.9 Å². The van der Waals surface area contributed by atoms with Gasteiger partial charge in [0.05, 0.1) is 19.2 Å². The fourth-order valence-electron chi connectivity index (χ4n) is 3.40. The largest absolute Gasteiger partial charge is 0.573 e. The number of ether oxygens (including phenoxy) is 2. The number of pyridine rings is 1. The van der Waals surface area contributed by atoms with E-state index in [1.54, 1.807) is 6.20 Å². The number of carbonyl (C=O) groups is 1. The van der Waals surface area contributed by atoms with Crippen molar-refractivity contribution in [3.63, 3.8) is 0 Å². The highest BCUT2D eigenvalue weighted by Crippen LogP contribution is 2.35. The first-order valence-electron chi connectivity index (χ1n) is 10.3. The maximum atomic E-state index is 12.5. The quantitative estimate of drug-likeness (QED) is 0.315. The molecule has 0 aliphatic heterocycles. The number of nitrogens with zero attached hydrogens (tertiary/aromatic N) is 2. The zero-order chi connectivity index (χ0) is 25.0. The molecule has 4 rings (SSSR count). The Balaban J connectivity index is 1.70. The third-order valence-electron chi connectivity index (χ3n) is 4.97. The lowest BCUT2D eigenvalue weighted by Crippen LogP contribution is -2.28. The predicted octanol–water partition coefficient (Wildman–Crippen LogP) is 5.84. The van der Waals surface area contributed by atoms with Crippen molar-refractivity contribution in [3.05, 3.63) is 90.1 Å². The number of halogens is 3. The number of alkyl halides is 3. The van der Waals surface area contributed by atoms with Gasteiger partial charge in [0.25, 0.3) is 0 Å². The van der Waals surface area contributed by atoms with E-state index in [0.29, 0.717) is 22.9 Å². The second kappa shape index (κ2) is 9.80. The summed E-state index contributed by atoms with van der Waals surface area (Å²) in [7, 11) is 1.50. The van der Waals surface area contributed by atoms with Crippen molar-refractivity contribution in [3.8, 4) is 17.2 Å². The van der Waals surface area contributed by atoms with E-state index in [9.17, 15) is 18.0 Å². The summed E-state index contributed by atoms with van der Waals surface area (Å²) in [6.45, 7) is 0.0781. The zero-order valence-corrected chi connectivity index (χ0v) is 18.3. The number of rotatable bonds is 8. The first kappa shape index (κ1) is 23.7. The van der Waals surface area contributed by atoms with Crippen LogP contribution in [-0.4, -0.2) is 29.5 Å². The molecule has 0 unspecified atom stereocenters. The molecular formula is C25H19F3N2O5. The van der Waals surface area contributed by atoms with Gasteiger partial charge in [-0.05, 0) is 42.0 Å². The lowest BCUT2D eigenvalue weighted by molar-refractivity contribution is -0.274. The molecule has 35 heavy (non-hydrogen) atoms. The summed E-state index contributed by atoms with van der Waals surface area (Å²) in [6.07, 6.45) is -3.14. The maximum absolute atomic E-state index is 12.5. The minimum atomic E-state index is -4.79. The van der Waals surface area contributed by atoms with Gasteiger partial charge in [-0.2, -0.15) is 5.06 Å². The highest BCUT2D eigenvalue weighted by Gasteiger charge is 2.31. The van der Waals surface area contributed by atoms with Crippen LogP contribution in [0.15, 0.2) is 79.0 Å². The van der Waals surface area contributed by atoms with Gasteiger partial charge in [0.1, 0.15) is 5.75 Å². The molecule has 7 nitrogen and oxygen atoms in total. The molecule has 4 aromatic rings. The molecule has 1 N–H and O–H groups in total. The van der Waals surface area contributed by atoms with Crippen LogP contribution in [0.4, 0.5) is 19.0 Å². The summed E-state index contributed by atoms with van der Waals surface area (Å²) in [4.78, 5) is 21.7. The molecule has 180 valence electrons. The van der Waals surface area contributed by atoms with Gasteiger partial charge < -0.3 is 19.4 Å². The Bertz CT molecular complexity index is 1330. The number of anilines is 1. The van der Waals surface area contributed by atoms with Crippen molar-refractivity contribution < 1.29 is 37.4 Å². The van der Waals surface area contributed by atoms with E-state index >= 15 is 0 Å². The molecule has 0 saturated carbocycles. The van der Waals surface area contributed by atoms with Crippen molar-refractivity contribution in [2.24, 2.45) is 0 Å². The molecule has 10 heteroatoms. The Morgan fingerprint density at radius 2 is 1.63 bits per heavy atom. The topological polar surface area (TPSA) is 81.1 Å². The Morgan fingerprint density at radius 3 is 2.26 bits per heavy atom. The minimum Gasteiger partial charge on any atom is -0.492 e. The fourth-order valence-corrected chi connectivity index (χ4v) is 3.40. The molecular weight excluding hydrogens is 465 g/mol. The molecule has 0 radical (unpaired) electrons. The normalized spacial score (nSPS) is 11.2. The van der Waals surface area contributed by atoms with Gasteiger partial charge >= 0.3 is 12.3 Å². The van der Waals surface area contributed by atoms with E-state index in [1.807, 2.05) is 24.3 Å². The first-order chi connectivity index (χ1) is 16.7. The Hall–Kier alpha value is -4.47. The molecule has 3 aromatic carbocycles. The number of carboxylic acids is 1. The van der Waals surface area contributed by atoms with E-state index in [2.05, 4.69) is 9.72 Å². The maximum Gasteiger partial charge on any atom is 0.573 e. The monoisotopic (exact) mass is 484 g/mol. The average Bonchev–Trinajstić information content (AvgIpc) is 2.83. The Kier molecular flexibility index (Phi) is 6.63. The molecule has 0 spiro atoms. The van der Waals surface area contributed by atoms with Crippen molar-refractivity contribution in [2.75, 3.05) is 12.2 Å². The van der Waals surface area contributed by atoms with Crippen LogP contribution in [0.5, 0.6) is 17.2 Å². The van der Waals surface area contributed by atoms with Gasteiger partial charge in [-0.3, -0.25) is 0 Å². The molecule has 1 aromatic heterocycles. The van der Waals surface area contributed by atoms with E-state index < -0.39 is 12.3 Å². The number of benzene rings is 3. The molecule has 0 aliphatic carbocycles. The highest BCUT2D eigenvalue weighted by molar-refractivity contribution is 5.91. The van der Waals surface area contributed by atoms with Crippen LogP contribution in [0.3, 0.4) is 0 Å². The zero-order valence-electron chi connectivity index (χ0n) is 18.3. The smallest absolute Gasteiger partial charge is 0.492 e. The van der Waals surface area contributed by atoms with Crippen LogP contribution >= 0.6 is 0 Å². The Morgan fingerprint density at radius 1 is 0.971 bits per heavy atom. The fraction of sp³-hybridized carbons (Fsp3) is 0.120. The highest BCUT2D eigenvalue weighted by atomic mass is 19.4. The second-order valence-electron chi connectivity index (χ2n) is 7.35. The lowest BCUT2D eigenvalue weighted by atomic mass is 10.1. The SMILES string of the molecule is COc1c(N(Cc2ccc(OC(F)(F)F)cc2)Oc2ccc(C(=O)O)cc2)ncc2ccccc12. The van der Waals surface area contributed by atoms with Gasteiger partial charge in [0.2, 0.25) is 5.82 Å². The molecule has 0 saturated heterocycles. The third-order valence-corrected chi connectivity index (χ3v) is 4.97. The lowest BCUT2D eigenvalue weighted by Gasteiger charge is -2.25. The third kappa shape index (κ3) is 5.72. The number of hydroxylamine groups is 1. The first-order valence-corrected chi connectivity index (χ1v) is 10.3. The second-order valence-corrected chi connectivity index (χ2v) is 7.35. The molecule has 0 amide bonds. The number of aromatic carboxylic acids is 1. The number of aromatic nitrogens is 1. The summed E-state index contributed by atoms with van der Waals surface area (Å²) in [6, 6.07) is 18.6. The van der Waals surface area contributed by atoms with Crippen molar-refractivity contribution >= 4 is 22.6 Å². The van der Waals surface area contributed by atoms with E-state index in [1.165, 1.54) is 60.7 Å². The number of fused-ring (bicyclic) bond motifs is 1.